The molecule has 0 aliphatic heterocycles. The van der Waals surface area contributed by atoms with Gasteiger partial charge in [-0.25, -0.2) is 0 Å². The Morgan fingerprint density at radius 3 is 2.83 bits per heavy atom. The molecule has 0 saturated carbocycles. The molecule has 0 unspecified atom stereocenters. The van der Waals surface area contributed by atoms with Crippen LogP contribution in [0, 0.1) is 0 Å². The van der Waals surface area contributed by atoms with Crippen LogP contribution < -0.4 is 5.73 Å². The van der Waals surface area contributed by atoms with Crippen molar-refractivity contribution in [1.29, 1.82) is 0 Å². The van der Waals surface area contributed by atoms with Crippen molar-refractivity contribution in [2.75, 3.05) is 5.73 Å². The standard InChI is InChI=1S/C6H5N5S/c7-6-10-5(12-11-6)4-1-2-8-9-3-4/h1-3H,(H2,7,11). The van der Waals surface area contributed by atoms with E-state index in [4.69, 9.17) is 5.73 Å². The molecule has 2 heterocycles. The Morgan fingerprint density at radius 1 is 1.33 bits per heavy atom. The van der Waals surface area contributed by atoms with Gasteiger partial charge < -0.3 is 5.73 Å². The van der Waals surface area contributed by atoms with E-state index in [1.165, 1.54) is 11.5 Å². The number of nitrogens with two attached hydrogens (primary N) is 1. The summed E-state index contributed by atoms with van der Waals surface area (Å²) >= 11 is 1.25. The molecule has 0 spiro atoms. The Balaban J connectivity index is 2.45. The Kier molecular flexibility index (Phi) is 1.67. The minimum Gasteiger partial charge on any atom is -0.367 e. The van der Waals surface area contributed by atoms with Crippen LogP contribution in [0.5, 0.6) is 0 Å². The van der Waals surface area contributed by atoms with Crippen molar-refractivity contribution in [1.82, 2.24) is 19.6 Å². The van der Waals surface area contributed by atoms with Crippen LogP contribution >= 0.6 is 11.5 Å². The fourth-order valence-electron chi connectivity index (χ4n) is 0.769. The second-order valence-electron chi connectivity index (χ2n) is 2.09. The van der Waals surface area contributed by atoms with E-state index in [0.717, 1.165) is 10.6 Å². The molecule has 0 bridgehead atoms. The second kappa shape index (κ2) is 2.82. The summed E-state index contributed by atoms with van der Waals surface area (Å²) in [6.45, 7) is 0. The number of nitrogen functional groups attached to an aromatic ring is 1. The average Bonchev–Trinajstić information content (AvgIpc) is 2.54. The third-order valence-electron chi connectivity index (χ3n) is 1.27. The topological polar surface area (TPSA) is 77.6 Å². The van der Waals surface area contributed by atoms with E-state index in [0.29, 0.717) is 5.95 Å². The maximum absolute atomic E-state index is 5.37. The van der Waals surface area contributed by atoms with Crippen LogP contribution in [0.1, 0.15) is 0 Å². The fourth-order valence-corrected chi connectivity index (χ4v) is 1.35. The van der Waals surface area contributed by atoms with Crippen LogP contribution in [0.15, 0.2) is 18.5 Å². The van der Waals surface area contributed by atoms with Crippen LogP contribution in [-0.4, -0.2) is 19.6 Å². The first kappa shape index (κ1) is 7.11. The quantitative estimate of drug-likeness (QED) is 0.692. The number of anilines is 1. The van der Waals surface area contributed by atoms with Crippen molar-refractivity contribution in [3.63, 3.8) is 0 Å². The molecule has 0 saturated heterocycles. The van der Waals surface area contributed by atoms with Crippen LogP contribution in [0.2, 0.25) is 0 Å². The van der Waals surface area contributed by atoms with Crippen molar-refractivity contribution in [3.8, 4) is 10.6 Å². The Bertz CT molecular complexity index is 370. The smallest absolute Gasteiger partial charge is 0.232 e. The van der Waals surface area contributed by atoms with Gasteiger partial charge >= 0.3 is 0 Å². The summed E-state index contributed by atoms with van der Waals surface area (Å²) in [4.78, 5) is 4.00. The summed E-state index contributed by atoms with van der Waals surface area (Å²) in [6.07, 6.45) is 3.23. The maximum Gasteiger partial charge on any atom is 0.232 e. The maximum atomic E-state index is 5.37. The lowest BCUT2D eigenvalue weighted by molar-refractivity contribution is 1.03. The van der Waals surface area contributed by atoms with E-state index >= 15 is 0 Å². The molecule has 0 fully saturated rings. The first-order valence-corrected chi connectivity index (χ1v) is 4.00. The normalized spacial score (nSPS) is 10.0. The Hall–Kier alpha value is -1.56. The molecule has 0 atom stereocenters. The van der Waals surface area contributed by atoms with Gasteiger partial charge in [-0.3, -0.25) is 0 Å². The molecule has 0 radical (unpaired) electrons. The highest BCUT2D eigenvalue weighted by atomic mass is 32.1. The number of hydrogen-bond acceptors (Lipinski definition) is 6. The lowest BCUT2D eigenvalue weighted by atomic mass is 10.3. The minimum absolute atomic E-state index is 0.298. The van der Waals surface area contributed by atoms with Gasteiger partial charge in [0.1, 0.15) is 5.01 Å². The average molecular weight is 179 g/mol. The first-order valence-electron chi connectivity index (χ1n) is 3.22. The lowest BCUT2D eigenvalue weighted by Gasteiger charge is -1.89. The van der Waals surface area contributed by atoms with Crippen LogP contribution in [0.3, 0.4) is 0 Å². The second-order valence-corrected chi connectivity index (χ2v) is 2.84. The number of hydrogen-bond donors (Lipinski definition) is 1. The Morgan fingerprint density at radius 2 is 2.25 bits per heavy atom. The number of aromatic nitrogens is 4. The summed E-state index contributed by atoms with van der Waals surface area (Å²) in [6, 6.07) is 1.81. The summed E-state index contributed by atoms with van der Waals surface area (Å²) in [5, 5.41) is 8.14. The molecular formula is C6H5N5S. The van der Waals surface area contributed by atoms with Gasteiger partial charge in [0.25, 0.3) is 0 Å². The molecule has 2 N–H and O–H groups in total. The SMILES string of the molecule is Nc1nsc(-c2ccnnc2)n1. The molecule has 2 aromatic rings. The summed E-state index contributed by atoms with van der Waals surface area (Å²) < 4.78 is 3.85. The molecule has 2 aromatic heterocycles. The van der Waals surface area contributed by atoms with Crippen molar-refractivity contribution >= 4 is 17.5 Å². The molecule has 0 amide bonds. The highest BCUT2D eigenvalue weighted by molar-refractivity contribution is 7.09. The molecule has 6 heteroatoms. The van der Waals surface area contributed by atoms with Crippen molar-refractivity contribution in [2.45, 2.75) is 0 Å². The molecule has 0 aliphatic carbocycles. The largest absolute Gasteiger partial charge is 0.367 e. The van der Waals surface area contributed by atoms with E-state index < -0.39 is 0 Å². The third kappa shape index (κ3) is 1.24. The fraction of sp³-hybridized carbons (Fsp3) is 0. The molecule has 0 aliphatic rings. The predicted octanol–water partition coefficient (Wildman–Crippen LogP) is 0.577. The van der Waals surface area contributed by atoms with Gasteiger partial charge in [-0.2, -0.15) is 19.6 Å². The van der Waals surface area contributed by atoms with E-state index in [1.54, 1.807) is 12.4 Å². The molecular weight excluding hydrogens is 174 g/mol. The van der Waals surface area contributed by atoms with Gasteiger partial charge in [-0.15, -0.1) is 0 Å². The minimum atomic E-state index is 0.298. The van der Waals surface area contributed by atoms with Crippen LogP contribution in [0.25, 0.3) is 10.6 Å². The van der Waals surface area contributed by atoms with Crippen molar-refractivity contribution in [2.24, 2.45) is 0 Å². The zero-order valence-electron chi connectivity index (χ0n) is 6.01. The van der Waals surface area contributed by atoms with Gasteiger partial charge in [0.05, 0.1) is 12.4 Å². The summed E-state index contributed by atoms with van der Waals surface area (Å²) in [5.74, 6) is 0.298. The van der Waals surface area contributed by atoms with Gasteiger partial charge in [0, 0.05) is 5.56 Å². The van der Waals surface area contributed by atoms with Gasteiger partial charge in [-0.1, -0.05) is 0 Å². The van der Waals surface area contributed by atoms with E-state index in [2.05, 4.69) is 19.6 Å². The van der Waals surface area contributed by atoms with E-state index in [1.807, 2.05) is 6.07 Å². The number of nitrogens with zero attached hydrogens (tertiary/aromatic N) is 4. The summed E-state index contributed by atoms with van der Waals surface area (Å²) in [5.41, 5.74) is 6.26. The highest BCUT2D eigenvalue weighted by Gasteiger charge is 2.02. The molecule has 0 aromatic carbocycles. The molecule has 12 heavy (non-hydrogen) atoms. The zero-order chi connectivity index (χ0) is 8.39. The van der Waals surface area contributed by atoms with E-state index in [9.17, 15) is 0 Å². The lowest BCUT2D eigenvalue weighted by Crippen LogP contribution is -1.86. The Labute approximate surface area is 72.5 Å². The summed E-state index contributed by atoms with van der Waals surface area (Å²) in [7, 11) is 0. The van der Waals surface area contributed by atoms with Gasteiger partial charge in [0.2, 0.25) is 5.95 Å². The molecule has 2 rings (SSSR count). The van der Waals surface area contributed by atoms with Crippen molar-refractivity contribution < 1.29 is 0 Å². The van der Waals surface area contributed by atoms with Crippen LogP contribution in [0.4, 0.5) is 5.95 Å². The third-order valence-corrected chi connectivity index (χ3v) is 2.05. The van der Waals surface area contributed by atoms with Crippen molar-refractivity contribution in [3.05, 3.63) is 18.5 Å². The highest BCUT2D eigenvalue weighted by Crippen LogP contribution is 2.19. The van der Waals surface area contributed by atoms with Gasteiger partial charge in [0.15, 0.2) is 0 Å². The zero-order valence-corrected chi connectivity index (χ0v) is 6.82. The predicted molar refractivity (Wildman–Crippen MR) is 45.3 cm³/mol. The van der Waals surface area contributed by atoms with Gasteiger partial charge in [-0.05, 0) is 17.6 Å². The number of rotatable bonds is 1. The monoisotopic (exact) mass is 179 g/mol. The molecule has 60 valence electrons. The van der Waals surface area contributed by atoms with Crippen LogP contribution in [-0.2, 0) is 0 Å². The first-order chi connectivity index (χ1) is 5.86. The molecule has 5 nitrogen and oxygen atoms in total. The van der Waals surface area contributed by atoms with E-state index in [-0.39, 0.29) is 0 Å².